The van der Waals surface area contributed by atoms with Crippen LogP contribution in [0.1, 0.15) is 24.7 Å². The Balaban J connectivity index is 2.24. The van der Waals surface area contributed by atoms with Gasteiger partial charge in [0.1, 0.15) is 5.82 Å². The lowest BCUT2D eigenvalue weighted by molar-refractivity contribution is -0.134. The number of hydrogen-bond acceptors (Lipinski definition) is 6. The molecule has 2 N–H and O–H groups in total. The van der Waals surface area contributed by atoms with Crippen LogP contribution < -0.4 is 15.4 Å². The van der Waals surface area contributed by atoms with E-state index in [-0.39, 0.29) is 5.97 Å². The first-order valence-corrected chi connectivity index (χ1v) is 7.08. The van der Waals surface area contributed by atoms with Crippen molar-refractivity contribution >= 4 is 17.5 Å². The smallest absolute Gasteiger partial charge is 0.311 e. The topological polar surface area (TPSA) is 81.3 Å². The first kappa shape index (κ1) is 15.8. The SMILES string of the molecule is CCC(=O)Oc1cnc(Cc2ccc(N)cc2)nc1N(C)C. The van der Waals surface area contributed by atoms with E-state index >= 15 is 0 Å². The molecule has 0 aliphatic rings. The number of ether oxygens (including phenoxy) is 1. The number of anilines is 2. The van der Waals surface area contributed by atoms with E-state index in [1.54, 1.807) is 18.0 Å². The molecule has 0 bridgehead atoms. The molecule has 2 aromatic rings. The maximum Gasteiger partial charge on any atom is 0.311 e. The van der Waals surface area contributed by atoms with Crippen LogP contribution in [0.5, 0.6) is 5.75 Å². The summed E-state index contributed by atoms with van der Waals surface area (Å²) in [5.41, 5.74) is 7.47. The maximum absolute atomic E-state index is 11.5. The lowest BCUT2D eigenvalue weighted by Crippen LogP contribution is -2.16. The van der Waals surface area contributed by atoms with E-state index in [0.717, 1.165) is 11.3 Å². The quantitative estimate of drug-likeness (QED) is 0.672. The van der Waals surface area contributed by atoms with E-state index in [0.29, 0.717) is 30.2 Å². The van der Waals surface area contributed by atoms with Crippen molar-refractivity contribution in [2.45, 2.75) is 19.8 Å². The van der Waals surface area contributed by atoms with Crippen LogP contribution in [0.15, 0.2) is 30.5 Å². The molecule has 0 unspecified atom stereocenters. The third-order valence-corrected chi connectivity index (χ3v) is 3.06. The number of nitrogen functional groups attached to an aromatic ring is 1. The first-order chi connectivity index (χ1) is 10.5. The minimum absolute atomic E-state index is 0.306. The first-order valence-electron chi connectivity index (χ1n) is 7.08. The van der Waals surface area contributed by atoms with Crippen molar-refractivity contribution in [3.8, 4) is 5.75 Å². The zero-order chi connectivity index (χ0) is 16.1. The Bertz CT molecular complexity index is 654. The van der Waals surface area contributed by atoms with Crippen LogP contribution in [-0.2, 0) is 11.2 Å². The van der Waals surface area contributed by atoms with Gasteiger partial charge in [-0.1, -0.05) is 19.1 Å². The standard InChI is InChI=1S/C16H20N4O2/c1-4-15(21)22-13-10-18-14(19-16(13)20(2)3)9-11-5-7-12(17)8-6-11/h5-8,10H,4,9,17H2,1-3H3. The molecule has 0 saturated carbocycles. The van der Waals surface area contributed by atoms with Gasteiger partial charge in [0.2, 0.25) is 0 Å². The van der Waals surface area contributed by atoms with Crippen LogP contribution >= 0.6 is 0 Å². The van der Waals surface area contributed by atoms with Crippen molar-refractivity contribution < 1.29 is 9.53 Å². The lowest BCUT2D eigenvalue weighted by atomic mass is 10.1. The fourth-order valence-corrected chi connectivity index (χ4v) is 1.89. The van der Waals surface area contributed by atoms with Gasteiger partial charge in [-0.05, 0) is 17.7 Å². The molecule has 22 heavy (non-hydrogen) atoms. The van der Waals surface area contributed by atoms with E-state index in [4.69, 9.17) is 10.5 Å². The summed E-state index contributed by atoms with van der Waals surface area (Å²) < 4.78 is 5.25. The molecule has 6 nitrogen and oxygen atoms in total. The number of carbonyl (C=O) groups is 1. The zero-order valence-corrected chi connectivity index (χ0v) is 13.0. The summed E-state index contributed by atoms with van der Waals surface area (Å²) >= 11 is 0. The Hall–Kier alpha value is -2.63. The van der Waals surface area contributed by atoms with Gasteiger partial charge in [0.05, 0.1) is 6.20 Å². The number of benzene rings is 1. The maximum atomic E-state index is 11.5. The van der Waals surface area contributed by atoms with Gasteiger partial charge in [-0.2, -0.15) is 0 Å². The van der Waals surface area contributed by atoms with Crippen molar-refractivity contribution in [3.05, 3.63) is 41.9 Å². The number of nitrogens with two attached hydrogens (primary N) is 1. The second-order valence-corrected chi connectivity index (χ2v) is 5.11. The fourth-order valence-electron chi connectivity index (χ4n) is 1.89. The molecule has 0 atom stereocenters. The Morgan fingerprint density at radius 2 is 1.95 bits per heavy atom. The average molecular weight is 300 g/mol. The van der Waals surface area contributed by atoms with E-state index in [1.807, 2.05) is 38.4 Å². The Morgan fingerprint density at radius 3 is 2.55 bits per heavy atom. The third-order valence-electron chi connectivity index (χ3n) is 3.06. The predicted molar refractivity (Wildman–Crippen MR) is 85.9 cm³/mol. The zero-order valence-electron chi connectivity index (χ0n) is 13.0. The molecule has 0 aliphatic carbocycles. The van der Waals surface area contributed by atoms with Gasteiger partial charge in [0.25, 0.3) is 0 Å². The third kappa shape index (κ3) is 3.94. The van der Waals surface area contributed by atoms with Gasteiger partial charge < -0.3 is 15.4 Å². The van der Waals surface area contributed by atoms with E-state index in [2.05, 4.69) is 9.97 Å². The van der Waals surface area contributed by atoms with Crippen LogP contribution in [-0.4, -0.2) is 30.0 Å². The van der Waals surface area contributed by atoms with Gasteiger partial charge in [0.15, 0.2) is 11.6 Å². The van der Waals surface area contributed by atoms with Crippen molar-refractivity contribution in [2.75, 3.05) is 24.7 Å². The van der Waals surface area contributed by atoms with Gasteiger partial charge in [-0.15, -0.1) is 0 Å². The van der Waals surface area contributed by atoms with Crippen LogP contribution in [0.25, 0.3) is 0 Å². The summed E-state index contributed by atoms with van der Waals surface area (Å²) in [6, 6.07) is 7.58. The molecule has 116 valence electrons. The van der Waals surface area contributed by atoms with E-state index in [1.165, 1.54) is 0 Å². The molecule has 2 rings (SSSR count). The monoisotopic (exact) mass is 300 g/mol. The highest BCUT2D eigenvalue weighted by molar-refractivity contribution is 5.73. The minimum atomic E-state index is -0.307. The van der Waals surface area contributed by atoms with Gasteiger partial charge in [-0.25, -0.2) is 9.97 Å². The number of rotatable bonds is 5. The molecular weight excluding hydrogens is 280 g/mol. The molecular formula is C16H20N4O2. The molecule has 0 saturated heterocycles. The molecule has 0 amide bonds. The Labute approximate surface area is 129 Å². The molecule has 6 heteroatoms. The Morgan fingerprint density at radius 1 is 1.27 bits per heavy atom. The number of hydrogen-bond donors (Lipinski definition) is 1. The average Bonchev–Trinajstić information content (AvgIpc) is 2.50. The van der Waals surface area contributed by atoms with Crippen molar-refractivity contribution in [1.82, 2.24) is 9.97 Å². The predicted octanol–water partition coefficient (Wildman–Crippen LogP) is 2.03. The van der Waals surface area contributed by atoms with E-state index < -0.39 is 0 Å². The molecule has 0 aliphatic heterocycles. The summed E-state index contributed by atoms with van der Waals surface area (Å²) in [7, 11) is 3.69. The second-order valence-electron chi connectivity index (χ2n) is 5.11. The summed E-state index contributed by atoms with van der Waals surface area (Å²) in [5.74, 6) is 1.31. The highest BCUT2D eigenvalue weighted by atomic mass is 16.5. The number of nitrogens with zero attached hydrogens (tertiary/aromatic N) is 3. The van der Waals surface area contributed by atoms with Crippen molar-refractivity contribution in [2.24, 2.45) is 0 Å². The van der Waals surface area contributed by atoms with Crippen LogP contribution in [0, 0.1) is 0 Å². The molecule has 1 heterocycles. The minimum Gasteiger partial charge on any atom is -0.421 e. The summed E-state index contributed by atoms with van der Waals surface area (Å²) in [4.78, 5) is 22.0. The summed E-state index contributed by atoms with van der Waals surface area (Å²) in [5, 5.41) is 0. The summed E-state index contributed by atoms with van der Waals surface area (Å²) in [6.45, 7) is 1.74. The second kappa shape index (κ2) is 6.89. The molecule has 1 aromatic carbocycles. The van der Waals surface area contributed by atoms with Crippen LogP contribution in [0.2, 0.25) is 0 Å². The molecule has 1 aromatic heterocycles. The van der Waals surface area contributed by atoms with Gasteiger partial charge >= 0.3 is 5.97 Å². The van der Waals surface area contributed by atoms with E-state index in [9.17, 15) is 4.79 Å². The number of carbonyl (C=O) groups excluding carboxylic acids is 1. The normalized spacial score (nSPS) is 10.3. The molecule has 0 radical (unpaired) electrons. The number of esters is 1. The van der Waals surface area contributed by atoms with Crippen LogP contribution in [0.4, 0.5) is 11.5 Å². The largest absolute Gasteiger partial charge is 0.421 e. The van der Waals surface area contributed by atoms with Gasteiger partial charge in [-0.3, -0.25) is 4.79 Å². The lowest BCUT2D eigenvalue weighted by Gasteiger charge is -2.16. The van der Waals surface area contributed by atoms with Crippen LogP contribution in [0.3, 0.4) is 0 Å². The van der Waals surface area contributed by atoms with Crippen molar-refractivity contribution in [3.63, 3.8) is 0 Å². The molecule has 0 spiro atoms. The Kier molecular flexibility index (Phi) is 4.93. The molecule has 0 fully saturated rings. The highest BCUT2D eigenvalue weighted by Gasteiger charge is 2.13. The number of aromatic nitrogens is 2. The fraction of sp³-hybridized carbons (Fsp3) is 0.312. The highest BCUT2D eigenvalue weighted by Crippen LogP contribution is 2.24. The van der Waals surface area contributed by atoms with Crippen molar-refractivity contribution in [1.29, 1.82) is 0 Å². The summed E-state index contributed by atoms with van der Waals surface area (Å²) in [6.07, 6.45) is 2.44. The van der Waals surface area contributed by atoms with Gasteiger partial charge in [0, 0.05) is 32.6 Å².